The molecule has 210 valence electrons. The number of carbonyl (C=O) groups is 1. The van der Waals surface area contributed by atoms with E-state index in [9.17, 15) is 19.7 Å². The molecule has 1 aliphatic rings. The number of rotatable bonds is 9. The van der Waals surface area contributed by atoms with E-state index >= 15 is 0 Å². The topological polar surface area (TPSA) is 131 Å². The van der Waals surface area contributed by atoms with Crippen LogP contribution in [0.4, 0.5) is 5.69 Å². The Morgan fingerprint density at radius 1 is 1.18 bits per heavy atom. The zero-order valence-electron chi connectivity index (χ0n) is 22.9. The third-order valence-electron chi connectivity index (χ3n) is 6.11. The van der Waals surface area contributed by atoms with Gasteiger partial charge in [-0.3, -0.25) is 19.5 Å². The summed E-state index contributed by atoms with van der Waals surface area (Å²) < 4.78 is 23.6. The molecule has 1 aromatic heterocycles. The molecule has 1 atom stereocenters. The molecule has 0 amide bonds. The molecule has 0 saturated carbocycles. The zero-order chi connectivity index (χ0) is 29.1. The Kier molecular flexibility index (Phi) is 8.38. The third-order valence-corrected chi connectivity index (χ3v) is 7.09. The number of nitrogens with zero attached hydrogens (tertiary/aromatic N) is 3. The van der Waals surface area contributed by atoms with Crippen LogP contribution < -0.4 is 29.1 Å². The number of benzene rings is 2. The van der Waals surface area contributed by atoms with Crippen LogP contribution in [0.25, 0.3) is 6.08 Å². The Hall–Kier alpha value is -4.45. The molecule has 4 rings (SSSR count). The highest BCUT2D eigenvalue weighted by Crippen LogP contribution is 2.37. The second-order valence-corrected chi connectivity index (χ2v) is 10.0. The van der Waals surface area contributed by atoms with Crippen LogP contribution in [-0.4, -0.2) is 42.4 Å². The molecule has 0 fully saturated rings. The van der Waals surface area contributed by atoms with Crippen molar-refractivity contribution in [3.8, 4) is 17.2 Å². The summed E-state index contributed by atoms with van der Waals surface area (Å²) in [6.07, 6.45) is 1.35. The standard InChI is InChI=1S/C28H29N3O8S/c1-7-38-27(33)24-16(4)29-28-30(25(24)18-10-8-9-11-20(18)39-15(2)3)26(32)23(40-28)13-17-12-19(31(34)35)22(37-6)14-21(17)36-5/h8-15,25H,7H2,1-6H3/b23-13+/t25-/m1/s1. The predicted octanol–water partition coefficient (Wildman–Crippen LogP) is 3.51. The molecule has 40 heavy (non-hydrogen) atoms. The van der Waals surface area contributed by atoms with Crippen molar-refractivity contribution in [2.24, 2.45) is 4.99 Å². The first-order chi connectivity index (χ1) is 19.1. The van der Waals surface area contributed by atoms with Gasteiger partial charge in [-0.05, 0) is 39.8 Å². The highest BCUT2D eigenvalue weighted by molar-refractivity contribution is 7.07. The maximum Gasteiger partial charge on any atom is 0.338 e. The quantitative estimate of drug-likeness (QED) is 0.218. The molecule has 0 N–H and O–H groups in total. The van der Waals surface area contributed by atoms with Crippen LogP contribution in [0, 0.1) is 10.1 Å². The number of para-hydroxylation sites is 1. The summed E-state index contributed by atoms with van der Waals surface area (Å²) in [5, 5.41) is 11.6. The molecule has 1 aliphatic heterocycles. The molecule has 0 unspecified atom stereocenters. The van der Waals surface area contributed by atoms with Crippen LogP contribution in [0.1, 0.15) is 44.9 Å². The van der Waals surface area contributed by atoms with E-state index in [0.29, 0.717) is 27.4 Å². The Morgan fingerprint density at radius 2 is 1.88 bits per heavy atom. The van der Waals surface area contributed by atoms with Crippen molar-refractivity contribution in [3.05, 3.63) is 88.6 Å². The van der Waals surface area contributed by atoms with Crippen LogP contribution >= 0.6 is 11.3 Å². The normalized spacial score (nSPS) is 15.0. The van der Waals surface area contributed by atoms with Crippen molar-refractivity contribution in [1.82, 2.24) is 4.57 Å². The minimum atomic E-state index is -0.875. The number of nitro benzene ring substituents is 1. The van der Waals surface area contributed by atoms with Gasteiger partial charge in [0.05, 0.1) is 47.7 Å². The van der Waals surface area contributed by atoms with E-state index < -0.39 is 22.5 Å². The Labute approximate surface area is 233 Å². The lowest BCUT2D eigenvalue weighted by molar-refractivity contribution is -0.385. The number of nitro groups is 1. The van der Waals surface area contributed by atoms with Gasteiger partial charge in [-0.15, -0.1) is 0 Å². The van der Waals surface area contributed by atoms with Gasteiger partial charge in [-0.2, -0.15) is 0 Å². The number of thiazole rings is 1. The summed E-state index contributed by atoms with van der Waals surface area (Å²) >= 11 is 1.09. The Balaban J connectivity index is 2.01. The summed E-state index contributed by atoms with van der Waals surface area (Å²) in [7, 11) is 2.74. The lowest BCUT2D eigenvalue weighted by atomic mass is 9.95. The van der Waals surface area contributed by atoms with Crippen molar-refractivity contribution >= 4 is 29.1 Å². The van der Waals surface area contributed by atoms with Crippen LogP contribution in [-0.2, 0) is 9.53 Å². The average molecular weight is 568 g/mol. The molecule has 12 heteroatoms. The van der Waals surface area contributed by atoms with E-state index in [1.165, 1.54) is 37.0 Å². The highest BCUT2D eigenvalue weighted by atomic mass is 32.1. The zero-order valence-corrected chi connectivity index (χ0v) is 23.7. The maximum absolute atomic E-state index is 14.0. The smallest absolute Gasteiger partial charge is 0.338 e. The molecule has 2 heterocycles. The van der Waals surface area contributed by atoms with E-state index in [0.717, 1.165) is 11.3 Å². The van der Waals surface area contributed by atoms with Crippen LogP contribution in [0.3, 0.4) is 0 Å². The van der Waals surface area contributed by atoms with Crippen LogP contribution in [0.2, 0.25) is 0 Å². The van der Waals surface area contributed by atoms with E-state index in [1.807, 2.05) is 19.9 Å². The monoisotopic (exact) mass is 567 g/mol. The summed E-state index contributed by atoms with van der Waals surface area (Å²) in [4.78, 5) is 43.2. The van der Waals surface area contributed by atoms with Gasteiger partial charge >= 0.3 is 11.7 Å². The van der Waals surface area contributed by atoms with Crippen molar-refractivity contribution in [3.63, 3.8) is 0 Å². The highest BCUT2D eigenvalue weighted by Gasteiger charge is 2.35. The van der Waals surface area contributed by atoms with Gasteiger partial charge < -0.3 is 18.9 Å². The largest absolute Gasteiger partial charge is 0.496 e. The summed E-state index contributed by atoms with van der Waals surface area (Å²) in [6, 6.07) is 9.00. The van der Waals surface area contributed by atoms with Gasteiger partial charge in [0.15, 0.2) is 4.80 Å². The van der Waals surface area contributed by atoms with E-state index in [2.05, 4.69) is 4.99 Å². The summed E-state index contributed by atoms with van der Waals surface area (Å²) in [5.41, 5.74) is 0.815. The lowest BCUT2D eigenvalue weighted by Gasteiger charge is -2.26. The minimum Gasteiger partial charge on any atom is -0.496 e. The number of hydrogen-bond acceptors (Lipinski definition) is 10. The van der Waals surface area contributed by atoms with Gasteiger partial charge in [-0.25, -0.2) is 9.79 Å². The van der Waals surface area contributed by atoms with E-state index in [-0.39, 0.29) is 40.0 Å². The van der Waals surface area contributed by atoms with Crippen LogP contribution in [0.15, 0.2) is 57.5 Å². The van der Waals surface area contributed by atoms with Crippen LogP contribution in [0.5, 0.6) is 17.2 Å². The number of allylic oxidation sites excluding steroid dienone is 1. The fourth-order valence-electron chi connectivity index (χ4n) is 4.46. The lowest BCUT2D eigenvalue weighted by Crippen LogP contribution is -2.40. The van der Waals surface area contributed by atoms with Crippen molar-refractivity contribution in [2.75, 3.05) is 20.8 Å². The minimum absolute atomic E-state index is 0.0249. The second kappa shape index (κ2) is 11.7. The summed E-state index contributed by atoms with van der Waals surface area (Å²) in [5.74, 6) is 0.233. The van der Waals surface area contributed by atoms with Gasteiger partial charge in [0.25, 0.3) is 5.56 Å². The molecule has 0 saturated heterocycles. The van der Waals surface area contributed by atoms with Gasteiger partial charge in [0.2, 0.25) is 5.75 Å². The number of methoxy groups -OCH3 is 2. The Morgan fingerprint density at radius 3 is 2.50 bits per heavy atom. The molecular weight excluding hydrogens is 538 g/mol. The third kappa shape index (κ3) is 5.34. The number of aromatic nitrogens is 1. The van der Waals surface area contributed by atoms with Gasteiger partial charge in [0.1, 0.15) is 17.5 Å². The van der Waals surface area contributed by atoms with Crippen molar-refractivity contribution in [2.45, 2.75) is 39.8 Å². The first-order valence-corrected chi connectivity index (χ1v) is 13.3. The molecule has 11 nitrogen and oxygen atoms in total. The fourth-order valence-corrected chi connectivity index (χ4v) is 5.49. The number of hydrogen-bond donors (Lipinski definition) is 0. The summed E-state index contributed by atoms with van der Waals surface area (Å²) in [6.45, 7) is 7.31. The first kappa shape index (κ1) is 28.6. The molecule has 3 aromatic rings. The van der Waals surface area contributed by atoms with Crippen molar-refractivity contribution < 1.29 is 28.7 Å². The van der Waals surface area contributed by atoms with Crippen molar-refractivity contribution in [1.29, 1.82) is 0 Å². The fraction of sp³-hybridized carbons (Fsp3) is 0.321. The Bertz CT molecular complexity index is 1690. The SMILES string of the molecule is CCOC(=O)C1=C(C)N=c2s/c(=C/c3cc([N+](=O)[O-])c(OC)cc3OC)c(=O)n2[C@@H]1c1ccccc1OC(C)C. The van der Waals surface area contributed by atoms with Gasteiger partial charge in [-0.1, -0.05) is 29.5 Å². The first-order valence-electron chi connectivity index (χ1n) is 12.5. The molecule has 0 aliphatic carbocycles. The molecule has 0 radical (unpaired) electrons. The second-order valence-electron chi connectivity index (χ2n) is 9.03. The number of esters is 1. The molecular formula is C28H29N3O8S. The molecule has 2 aromatic carbocycles. The van der Waals surface area contributed by atoms with Gasteiger partial charge in [0, 0.05) is 23.3 Å². The maximum atomic E-state index is 14.0. The average Bonchev–Trinajstić information content (AvgIpc) is 3.21. The molecule has 0 bridgehead atoms. The number of fused-ring (bicyclic) bond motifs is 1. The number of ether oxygens (including phenoxy) is 4. The number of carbonyl (C=O) groups excluding carboxylic acids is 1. The van der Waals surface area contributed by atoms with E-state index in [1.54, 1.807) is 32.0 Å². The molecule has 0 spiro atoms. The van der Waals surface area contributed by atoms with E-state index in [4.69, 9.17) is 18.9 Å². The predicted molar refractivity (Wildman–Crippen MR) is 149 cm³/mol.